The number of unbranched alkanes of at least 4 members (excludes halogenated alkanes) is 2. The molecule has 0 aliphatic carbocycles. The summed E-state index contributed by atoms with van der Waals surface area (Å²) in [5, 5.41) is 9.23. The molecule has 1 heterocycles. The van der Waals surface area contributed by atoms with E-state index >= 15 is 0 Å². The molecule has 4 aromatic carbocycles. The molecule has 0 spiro atoms. The van der Waals surface area contributed by atoms with Crippen molar-refractivity contribution in [3.8, 4) is 0 Å². The molecule has 5 rings (SSSR count). The van der Waals surface area contributed by atoms with Crippen LogP contribution in [0.15, 0.2) is 121 Å². The molecular weight excluding hydrogens is 644 g/mol. The number of aliphatic hydroxyl groups excluding tert-OH is 1. The highest BCUT2D eigenvalue weighted by atomic mass is 16.7. The van der Waals surface area contributed by atoms with Gasteiger partial charge in [0.15, 0.2) is 24.6 Å². The summed E-state index contributed by atoms with van der Waals surface area (Å²) in [5.74, 6) is -3.01. The Kier molecular flexibility index (Phi) is 13.2. The molecule has 0 amide bonds. The molecule has 4 aromatic rings. The van der Waals surface area contributed by atoms with Crippen molar-refractivity contribution in [2.75, 3.05) is 19.8 Å². The highest BCUT2D eigenvalue weighted by Gasteiger charge is 2.53. The van der Waals surface area contributed by atoms with E-state index in [1.165, 1.54) is 0 Å². The van der Waals surface area contributed by atoms with Gasteiger partial charge in [0.05, 0.1) is 22.3 Å². The highest BCUT2D eigenvalue weighted by molar-refractivity contribution is 5.91. The van der Waals surface area contributed by atoms with Gasteiger partial charge >= 0.3 is 23.9 Å². The van der Waals surface area contributed by atoms with Gasteiger partial charge in [0, 0.05) is 13.2 Å². The standard InChI is InChI=1S/C39H38O11/c40-24-14-5-15-25-45-39-34(50-38(44)30-22-12-4-13-23-30)33(49-37(43)29-20-10-3-11-21-29)32(48-36(42)28-18-8-2-9-19-28)31(47-39)26-46-35(41)27-16-6-1-7-17-27/h1-4,6-13,16-23,31-34,39-40H,5,14-15,24-26H2/t31?,32-,33?,34?,39+/m1/s1. The number of ether oxygens (including phenoxy) is 6. The van der Waals surface area contributed by atoms with Gasteiger partial charge in [-0.15, -0.1) is 0 Å². The van der Waals surface area contributed by atoms with Gasteiger partial charge in [-0.1, -0.05) is 72.8 Å². The van der Waals surface area contributed by atoms with E-state index in [-0.39, 0.29) is 35.5 Å². The summed E-state index contributed by atoms with van der Waals surface area (Å²) in [5.41, 5.74) is 0.869. The number of benzene rings is 4. The minimum Gasteiger partial charge on any atom is -0.459 e. The number of aliphatic hydroxyl groups is 1. The number of hydrogen-bond donors (Lipinski definition) is 1. The summed E-state index contributed by atoms with van der Waals surface area (Å²) in [6.45, 7) is -0.309. The Morgan fingerprint density at radius 2 is 0.940 bits per heavy atom. The Morgan fingerprint density at radius 1 is 0.520 bits per heavy atom. The summed E-state index contributed by atoms with van der Waals surface area (Å²) in [7, 11) is 0. The van der Waals surface area contributed by atoms with Crippen molar-refractivity contribution >= 4 is 23.9 Å². The normalized spacial score (nSPS) is 19.9. The number of hydrogen-bond acceptors (Lipinski definition) is 11. The van der Waals surface area contributed by atoms with E-state index in [9.17, 15) is 24.3 Å². The average molecular weight is 683 g/mol. The van der Waals surface area contributed by atoms with E-state index in [1.54, 1.807) is 121 Å². The van der Waals surface area contributed by atoms with Gasteiger partial charge in [0.25, 0.3) is 0 Å². The largest absolute Gasteiger partial charge is 0.459 e. The molecule has 0 radical (unpaired) electrons. The molecule has 0 aromatic heterocycles. The maximum absolute atomic E-state index is 13.6. The number of esters is 4. The van der Waals surface area contributed by atoms with Gasteiger partial charge < -0.3 is 33.5 Å². The Morgan fingerprint density at radius 3 is 1.40 bits per heavy atom. The fourth-order valence-electron chi connectivity index (χ4n) is 5.25. The lowest BCUT2D eigenvalue weighted by Crippen LogP contribution is -2.63. The Balaban J connectivity index is 1.52. The highest BCUT2D eigenvalue weighted by Crippen LogP contribution is 2.32. The number of carbonyl (C=O) groups is 4. The molecule has 1 saturated heterocycles. The third-order valence-electron chi connectivity index (χ3n) is 7.82. The van der Waals surface area contributed by atoms with Gasteiger partial charge in [0.1, 0.15) is 12.7 Å². The fraction of sp³-hybridized carbons (Fsp3) is 0.282. The lowest BCUT2D eigenvalue weighted by atomic mass is 9.97. The smallest absolute Gasteiger partial charge is 0.338 e. The first-order chi connectivity index (χ1) is 24.4. The number of carbonyl (C=O) groups excluding carboxylic acids is 4. The van der Waals surface area contributed by atoms with E-state index in [0.29, 0.717) is 19.3 Å². The Bertz CT molecular complexity index is 1670. The molecule has 11 nitrogen and oxygen atoms in total. The minimum atomic E-state index is -1.49. The zero-order valence-corrected chi connectivity index (χ0v) is 27.2. The molecule has 1 N–H and O–H groups in total. The van der Waals surface area contributed by atoms with Gasteiger partial charge in [-0.3, -0.25) is 0 Å². The molecule has 260 valence electrons. The van der Waals surface area contributed by atoms with Crippen molar-refractivity contribution in [3.05, 3.63) is 144 Å². The minimum absolute atomic E-state index is 0.0120. The van der Waals surface area contributed by atoms with Crippen LogP contribution in [0.1, 0.15) is 60.7 Å². The zero-order valence-electron chi connectivity index (χ0n) is 27.2. The quantitative estimate of drug-likeness (QED) is 0.0975. The average Bonchev–Trinajstić information content (AvgIpc) is 3.17. The lowest BCUT2D eigenvalue weighted by molar-refractivity contribution is -0.298. The van der Waals surface area contributed by atoms with E-state index in [2.05, 4.69) is 0 Å². The molecule has 1 aliphatic rings. The first-order valence-electron chi connectivity index (χ1n) is 16.3. The Hall–Kier alpha value is -5.36. The predicted octanol–water partition coefficient (Wildman–Crippen LogP) is 5.42. The lowest BCUT2D eigenvalue weighted by Gasteiger charge is -2.44. The summed E-state index contributed by atoms with van der Waals surface area (Å²) < 4.78 is 36.0. The van der Waals surface area contributed by atoms with Gasteiger partial charge in [-0.05, 0) is 67.8 Å². The molecule has 1 fully saturated rings. The number of rotatable bonds is 15. The van der Waals surface area contributed by atoms with Crippen LogP contribution >= 0.6 is 0 Å². The van der Waals surface area contributed by atoms with Gasteiger partial charge in [0.2, 0.25) is 0 Å². The Labute approximate surface area is 289 Å². The van der Waals surface area contributed by atoms with Crippen LogP contribution in [-0.4, -0.2) is 79.5 Å². The van der Waals surface area contributed by atoms with Crippen LogP contribution in [0.4, 0.5) is 0 Å². The van der Waals surface area contributed by atoms with Crippen LogP contribution in [0.2, 0.25) is 0 Å². The van der Waals surface area contributed by atoms with Crippen molar-refractivity contribution in [2.45, 2.75) is 50.0 Å². The molecule has 0 bridgehead atoms. The van der Waals surface area contributed by atoms with E-state index in [4.69, 9.17) is 28.4 Å². The van der Waals surface area contributed by atoms with Crippen LogP contribution in [-0.2, 0) is 28.4 Å². The van der Waals surface area contributed by atoms with Gasteiger partial charge in [-0.2, -0.15) is 0 Å². The summed E-state index contributed by atoms with van der Waals surface area (Å²) in [6.07, 6.45) is -5.25. The van der Waals surface area contributed by atoms with E-state index in [1.807, 2.05) is 0 Å². The monoisotopic (exact) mass is 682 g/mol. The molecule has 11 heteroatoms. The van der Waals surface area contributed by atoms with Crippen LogP contribution in [0.25, 0.3) is 0 Å². The van der Waals surface area contributed by atoms with Crippen molar-refractivity contribution in [1.29, 1.82) is 0 Å². The van der Waals surface area contributed by atoms with Crippen LogP contribution in [0.3, 0.4) is 0 Å². The van der Waals surface area contributed by atoms with Crippen LogP contribution in [0, 0.1) is 0 Å². The topological polar surface area (TPSA) is 144 Å². The summed E-state index contributed by atoms with van der Waals surface area (Å²) in [4.78, 5) is 53.7. The molecule has 3 unspecified atom stereocenters. The van der Waals surface area contributed by atoms with Crippen LogP contribution < -0.4 is 0 Å². The first-order valence-corrected chi connectivity index (χ1v) is 16.3. The summed E-state index contributed by atoms with van der Waals surface area (Å²) >= 11 is 0. The van der Waals surface area contributed by atoms with E-state index in [0.717, 1.165) is 0 Å². The second-order valence-electron chi connectivity index (χ2n) is 11.4. The molecule has 50 heavy (non-hydrogen) atoms. The zero-order chi connectivity index (χ0) is 35.1. The van der Waals surface area contributed by atoms with Gasteiger partial charge in [-0.25, -0.2) is 19.2 Å². The maximum Gasteiger partial charge on any atom is 0.338 e. The molecule has 0 saturated carbocycles. The van der Waals surface area contributed by atoms with Crippen LogP contribution in [0.5, 0.6) is 0 Å². The van der Waals surface area contributed by atoms with Crippen molar-refractivity contribution in [3.63, 3.8) is 0 Å². The molecule has 5 atom stereocenters. The second kappa shape index (κ2) is 18.4. The maximum atomic E-state index is 13.6. The summed E-state index contributed by atoms with van der Waals surface area (Å²) in [6, 6.07) is 32.8. The van der Waals surface area contributed by atoms with E-state index < -0.39 is 61.2 Å². The SMILES string of the molecule is O=C(OCC1O[C@H](OCCCCCO)C(OC(=O)c2ccccc2)C(OC(=O)c2ccccc2)[C@@H]1OC(=O)c1ccccc1)c1ccccc1. The predicted molar refractivity (Wildman–Crippen MR) is 179 cm³/mol. The molecular formula is C39H38O11. The third kappa shape index (κ3) is 9.85. The van der Waals surface area contributed by atoms with Crippen molar-refractivity contribution < 1.29 is 52.7 Å². The molecule has 1 aliphatic heterocycles. The van der Waals surface area contributed by atoms with Crippen molar-refractivity contribution in [2.24, 2.45) is 0 Å². The van der Waals surface area contributed by atoms with Crippen molar-refractivity contribution in [1.82, 2.24) is 0 Å². The fourth-order valence-corrected chi connectivity index (χ4v) is 5.25. The first kappa shape index (κ1) is 35.9. The third-order valence-corrected chi connectivity index (χ3v) is 7.82. The second-order valence-corrected chi connectivity index (χ2v) is 11.4.